The molecule has 1 aliphatic rings. The molecule has 1 amide bonds. The third-order valence-corrected chi connectivity index (χ3v) is 3.94. The zero-order valence-corrected chi connectivity index (χ0v) is 13.6. The van der Waals surface area contributed by atoms with Gasteiger partial charge in [0.1, 0.15) is 5.75 Å². The average Bonchev–Trinajstić information content (AvgIpc) is 3.11. The van der Waals surface area contributed by atoms with Crippen molar-refractivity contribution in [3.8, 4) is 5.75 Å². The predicted molar refractivity (Wildman–Crippen MR) is 93.1 cm³/mol. The molecule has 1 saturated carbocycles. The van der Waals surface area contributed by atoms with Gasteiger partial charge in [-0.25, -0.2) is 9.97 Å². The Labute approximate surface area is 141 Å². The van der Waals surface area contributed by atoms with Crippen molar-refractivity contribution in [3.63, 3.8) is 0 Å². The lowest BCUT2D eigenvalue weighted by Crippen LogP contribution is -2.17. The summed E-state index contributed by atoms with van der Waals surface area (Å²) in [5.74, 6) is 1.34. The Hall–Kier alpha value is -2.63. The van der Waals surface area contributed by atoms with Gasteiger partial charge in [0.2, 0.25) is 11.9 Å². The van der Waals surface area contributed by atoms with Crippen molar-refractivity contribution in [3.05, 3.63) is 42.7 Å². The van der Waals surface area contributed by atoms with Crippen LogP contribution in [0.2, 0.25) is 0 Å². The Bertz CT molecular complexity index is 640. The molecule has 126 valence electrons. The summed E-state index contributed by atoms with van der Waals surface area (Å²) in [4.78, 5) is 20.0. The predicted octanol–water partition coefficient (Wildman–Crippen LogP) is 3.24. The van der Waals surface area contributed by atoms with Crippen LogP contribution < -0.4 is 15.4 Å². The average molecular weight is 326 g/mol. The molecular formula is C18H22N4O2. The van der Waals surface area contributed by atoms with Crippen LogP contribution >= 0.6 is 0 Å². The third-order valence-electron chi connectivity index (χ3n) is 3.94. The molecule has 0 spiro atoms. The van der Waals surface area contributed by atoms with Crippen molar-refractivity contribution in [2.24, 2.45) is 0 Å². The topological polar surface area (TPSA) is 76.1 Å². The molecule has 3 rings (SSSR count). The van der Waals surface area contributed by atoms with E-state index < -0.39 is 0 Å². The monoisotopic (exact) mass is 326 g/mol. The normalized spacial score (nSPS) is 14.3. The van der Waals surface area contributed by atoms with Gasteiger partial charge in [-0.3, -0.25) is 4.79 Å². The third kappa shape index (κ3) is 4.94. The van der Waals surface area contributed by atoms with E-state index in [0.717, 1.165) is 24.3 Å². The van der Waals surface area contributed by atoms with E-state index in [9.17, 15) is 4.79 Å². The second-order valence-corrected chi connectivity index (χ2v) is 5.85. The van der Waals surface area contributed by atoms with Gasteiger partial charge in [-0.05, 0) is 56.0 Å². The van der Waals surface area contributed by atoms with Crippen LogP contribution in [-0.2, 0) is 4.79 Å². The summed E-state index contributed by atoms with van der Waals surface area (Å²) in [6, 6.07) is 9.30. The maximum absolute atomic E-state index is 11.9. The first-order chi connectivity index (χ1) is 11.8. The van der Waals surface area contributed by atoms with Crippen molar-refractivity contribution in [2.75, 3.05) is 17.2 Å². The highest BCUT2D eigenvalue weighted by molar-refractivity contribution is 5.91. The molecule has 1 fully saturated rings. The summed E-state index contributed by atoms with van der Waals surface area (Å²) in [6.07, 6.45) is 8.78. The number of nitrogens with zero attached hydrogens (tertiary/aromatic N) is 2. The van der Waals surface area contributed by atoms with Gasteiger partial charge in [0.15, 0.2) is 0 Å². The van der Waals surface area contributed by atoms with Crippen LogP contribution in [0.4, 0.5) is 11.6 Å². The second kappa shape index (κ2) is 8.29. The van der Waals surface area contributed by atoms with E-state index in [-0.39, 0.29) is 5.91 Å². The number of benzene rings is 1. The van der Waals surface area contributed by atoms with Gasteiger partial charge < -0.3 is 15.4 Å². The summed E-state index contributed by atoms with van der Waals surface area (Å²) in [7, 11) is 0. The molecule has 2 N–H and O–H groups in total. The number of carbonyl (C=O) groups excluding carboxylic acids is 1. The molecule has 6 nitrogen and oxygen atoms in total. The Balaban J connectivity index is 1.40. The summed E-state index contributed by atoms with van der Waals surface area (Å²) < 4.78 is 5.91. The quantitative estimate of drug-likeness (QED) is 0.817. The number of aromatic nitrogens is 2. The zero-order chi connectivity index (χ0) is 16.6. The number of anilines is 2. The molecule has 6 heteroatoms. The van der Waals surface area contributed by atoms with Gasteiger partial charge in [0, 0.05) is 31.0 Å². The van der Waals surface area contributed by atoms with Crippen molar-refractivity contribution >= 4 is 17.5 Å². The Morgan fingerprint density at radius 1 is 1.12 bits per heavy atom. The largest absolute Gasteiger partial charge is 0.490 e. The minimum absolute atomic E-state index is 0.0529. The number of ether oxygens (including phenoxy) is 1. The van der Waals surface area contributed by atoms with Gasteiger partial charge in [0.05, 0.1) is 6.10 Å². The second-order valence-electron chi connectivity index (χ2n) is 5.85. The highest BCUT2D eigenvalue weighted by atomic mass is 16.5. The fourth-order valence-electron chi connectivity index (χ4n) is 2.72. The maximum atomic E-state index is 11.9. The van der Waals surface area contributed by atoms with Gasteiger partial charge in [-0.15, -0.1) is 0 Å². The molecule has 1 aromatic heterocycles. The van der Waals surface area contributed by atoms with E-state index in [2.05, 4.69) is 20.6 Å². The Kier molecular flexibility index (Phi) is 5.61. The maximum Gasteiger partial charge on any atom is 0.226 e. The summed E-state index contributed by atoms with van der Waals surface area (Å²) in [5, 5.41) is 5.88. The number of nitrogens with one attached hydrogen (secondary N) is 2. The summed E-state index contributed by atoms with van der Waals surface area (Å²) in [5.41, 5.74) is 0.773. The lowest BCUT2D eigenvalue weighted by atomic mass is 10.2. The van der Waals surface area contributed by atoms with Crippen molar-refractivity contribution in [1.29, 1.82) is 0 Å². The SMILES string of the molecule is O=C(CCNc1ncccn1)Nc1ccc(OC2CCCC2)cc1. The van der Waals surface area contributed by atoms with Crippen molar-refractivity contribution in [1.82, 2.24) is 9.97 Å². The molecule has 1 aliphatic carbocycles. The van der Waals surface area contributed by atoms with Crippen LogP contribution in [-0.4, -0.2) is 28.5 Å². The molecule has 0 radical (unpaired) electrons. The zero-order valence-electron chi connectivity index (χ0n) is 13.6. The standard InChI is InChI=1S/C18H22N4O2/c23-17(10-13-21-18-19-11-3-12-20-18)22-14-6-8-16(9-7-14)24-15-4-1-2-5-15/h3,6-9,11-12,15H,1-2,4-5,10,13H2,(H,22,23)(H,19,20,21). The molecule has 24 heavy (non-hydrogen) atoms. The molecule has 1 heterocycles. The van der Waals surface area contributed by atoms with E-state index >= 15 is 0 Å². The van der Waals surface area contributed by atoms with Gasteiger partial charge >= 0.3 is 0 Å². The Morgan fingerprint density at radius 2 is 1.83 bits per heavy atom. The lowest BCUT2D eigenvalue weighted by Gasteiger charge is -2.13. The molecular weight excluding hydrogens is 304 g/mol. The molecule has 0 bridgehead atoms. The van der Waals surface area contributed by atoms with Crippen LogP contribution in [0.1, 0.15) is 32.1 Å². The fraction of sp³-hybridized carbons (Fsp3) is 0.389. The minimum atomic E-state index is -0.0529. The van der Waals surface area contributed by atoms with Crippen LogP contribution in [0.15, 0.2) is 42.7 Å². The van der Waals surface area contributed by atoms with Crippen LogP contribution in [0, 0.1) is 0 Å². The molecule has 0 saturated heterocycles. The van der Waals surface area contributed by atoms with E-state index in [0.29, 0.717) is 25.0 Å². The molecule has 0 aliphatic heterocycles. The first-order valence-electron chi connectivity index (χ1n) is 8.37. The van der Waals surface area contributed by atoms with Gasteiger partial charge in [-0.2, -0.15) is 0 Å². The van der Waals surface area contributed by atoms with E-state index in [1.807, 2.05) is 24.3 Å². The van der Waals surface area contributed by atoms with Gasteiger partial charge in [-0.1, -0.05) is 0 Å². The number of carbonyl (C=O) groups is 1. The van der Waals surface area contributed by atoms with Crippen LogP contribution in [0.3, 0.4) is 0 Å². The van der Waals surface area contributed by atoms with E-state index in [4.69, 9.17) is 4.74 Å². The highest BCUT2D eigenvalue weighted by Gasteiger charge is 2.16. The number of hydrogen-bond acceptors (Lipinski definition) is 5. The summed E-state index contributed by atoms with van der Waals surface area (Å²) >= 11 is 0. The molecule has 0 unspecified atom stereocenters. The lowest BCUT2D eigenvalue weighted by molar-refractivity contribution is -0.115. The van der Waals surface area contributed by atoms with Crippen molar-refractivity contribution in [2.45, 2.75) is 38.2 Å². The number of hydrogen-bond donors (Lipinski definition) is 2. The van der Waals surface area contributed by atoms with Gasteiger partial charge in [0.25, 0.3) is 0 Å². The molecule has 0 atom stereocenters. The van der Waals surface area contributed by atoms with Crippen LogP contribution in [0.25, 0.3) is 0 Å². The fourth-order valence-corrected chi connectivity index (χ4v) is 2.72. The smallest absolute Gasteiger partial charge is 0.226 e. The highest BCUT2D eigenvalue weighted by Crippen LogP contribution is 2.25. The number of amides is 1. The van der Waals surface area contributed by atoms with Crippen LogP contribution in [0.5, 0.6) is 5.75 Å². The number of rotatable bonds is 7. The summed E-state index contributed by atoms with van der Waals surface area (Å²) in [6.45, 7) is 0.485. The van der Waals surface area contributed by atoms with Crippen molar-refractivity contribution < 1.29 is 9.53 Å². The van der Waals surface area contributed by atoms with E-state index in [1.54, 1.807) is 18.5 Å². The molecule has 2 aromatic rings. The molecule has 1 aromatic carbocycles. The first-order valence-corrected chi connectivity index (χ1v) is 8.37. The minimum Gasteiger partial charge on any atom is -0.490 e. The Morgan fingerprint density at radius 3 is 2.54 bits per heavy atom. The van der Waals surface area contributed by atoms with E-state index in [1.165, 1.54) is 12.8 Å². The first kappa shape index (κ1) is 16.2.